The number of fused-ring (bicyclic) bond motifs is 2. The van der Waals surface area contributed by atoms with Crippen LogP contribution < -0.4 is 15.4 Å². The highest BCUT2D eigenvalue weighted by molar-refractivity contribution is 6.08. The Kier molecular flexibility index (Phi) is 6.01. The van der Waals surface area contributed by atoms with Gasteiger partial charge in [-0.05, 0) is 59.7 Å². The van der Waals surface area contributed by atoms with E-state index in [4.69, 9.17) is 4.74 Å². The molecule has 3 aliphatic rings. The fourth-order valence-electron chi connectivity index (χ4n) is 5.98. The first-order chi connectivity index (χ1) is 20.6. The van der Waals surface area contributed by atoms with Crippen LogP contribution in [0, 0.1) is 5.92 Å². The summed E-state index contributed by atoms with van der Waals surface area (Å²) in [5, 5.41) is 4.96. The molecule has 7 rings (SSSR count). The summed E-state index contributed by atoms with van der Waals surface area (Å²) in [7, 11) is 1.50. The minimum atomic E-state index is -4.56. The lowest BCUT2D eigenvalue weighted by Crippen LogP contribution is -2.52. The van der Waals surface area contributed by atoms with Crippen LogP contribution in [-0.4, -0.2) is 46.0 Å². The Morgan fingerprint density at radius 1 is 1.02 bits per heavy atom. The number of hydrogen-bond acceptors (Lipinski definition) is 5. The van der Waals surface area contributed by atoms with Crippen molar-refractivity contribution in [1.29, 1.82) is 0 Å². The van der Waals surface area contributed by atoms with E-state index >= 15 is 0 Å². The number of imidazole rings is 1. The van der Waals surface area contributed by atoms with Crippen molar-refractivity contribution in [2.24, 2.45) is 5.92 Å². The lowest BCUT2D eigenvalue weighted by Gasteiger charge is -2.31. The fraction of sp³-hybridized carbons (Fsp3) is 0.290. The third-order valence-electron chi connectivity index (χ3n) is 8.46. The smallest absolute Gasteiger partial charge is 0.416 e. The minimum Gasteiger partial charge on any atom is -0.497 e. The number of nitrogens with one attached hydrogen (secondary N) is 2. The SMILES string of the molecule is COc1ccc2c(c1)C(=O)N(C[C@@]1(c3ccc(-c4cc(C(F)(F)F)cc5c4ncn5CC4CC4)cc3)NC(=O)NC1=O)C2. The van der Waals surface area contributed by atoms with Crippen LogP contribution in [0.25, 0.3) is 22.2 Å². The number of halogens is 3. The summed E-state index contributed by atoms with van der Waals surface area (Å²) in [6.45, 7) is 0.686. The third kappa shape index (κ3) is 4.57. The van der Waals surface area contributed by atoms with Gasteiger partial charge in [-0.3, -0.25) is 14.9 Å². The molecule has 2 N–H and O–H groups in total. The maximum atomic E-state index is 13.9. The van der Waals surface area contributed by atoms with Crippen molar-refractivity contribution in [1.82, 2.24) is 25.1 Å². The molecule has 12 heteroatoms. The molecule has 1 atom stereocenters. The maximum Gasteiger partial charge on any atom is 0.416 e. The average molecular weight is 590 g/mol. The number of ether oxygens (including phenoxy) is 1. The summed E-state index contributed by atoms with van der Waals surface area (Å²) in [6, 6.07) is 13.1. The van der Waals surface area contributed by atoms with Gasteiger partial charge < -0.3 is 19.5 Å². The summed E-state index contributed by atoms with van der Waals surface area (Å²) < 4.78 is 48.8. The number of hydrogen-bond donors (Lipinski definition) is 2. The Morgan fingerprint density at radius 3 is 2.44 bits per heavy atom. The predicted molar refractivity (Wildman–Crippen MR) is 149 cm³/mol. The first-order valence-electron chi connectivity index (χ1n) is 13.8. The van der Waals surface area contributed by atoms with Gasteiger partial charge in [0.05, 0.1) is 36.6 Å². The van der Waals surface area contributed by atoms with Crippen molar-refractivity contribution in [3.05, 3.63) is 83.2 Å². The number of urea groups is 1. The topological polar surface area (TPSA) is 106 Å². The molecule has 0 spiro atoms. The highest BCUT2D eigenvalue weighted by Gasteiger charge is 2.50. The number of methoxy groups -OCH3 is 1. The molecule has 220 valence electrons. The van der Waals surface area contributed by atoms with Gasteiger partial charge in [-0.15, -0.1) is 0 Å². The number of aromatic nitrogens is 2. The van der Waals surface area contributed by atoms with Crippen LogP contribution in [0.4, 0.5) is 18.0 Å². The number of imide groups is 1. The summed E-state index contributed by atoms with van der Waals surface area (Å²) in [4.78, 5) is 44.9. The molecule has 0 bridgehead atoms. The zero-order valence-electron chi connectivity index (χ0n) is 23.0. The van der Waals surface area contributed by atoms with Crippen molar-refractivity contribution < 1.29 is 32.3 Å². The van der Waals surface area contributed by atoms with Crippen molar-refractivity contribution in [2.75, 3.05) is 13.7 Å². The zero-order chi connectivity index (χ0) is 30.1. The molecule has 4 amide bonds. The van der Waals surface area contributed by atoms with Gasteiger partial charge in [-0.2, -0.15) is 13.2 Å². The maximum absolute atomic E-state index is 13.9. The van der Waals surface area contributed by atoms with E-state index in [0.29, 0.717) is 51.5 Å². The van der Waals surface area contributed by atoms with E-state index in [9.17, 15) is 27.6 Å². The highest BCUT2D eigenvalue weighted by atomic mass is 19.4. The van der Waals surface area contributed by atoms with Crippen LogP contribution in [-0.2, 0) is 29.6 Å². The van der Waals surface area contributed by atoms with Crippen LogP contribution in [0.2, 0.25) is 0 Å². The number of carbonyl (C=O) groups excluding carboxylic acids is 3. The summed E-state index contributed by atoms with van der Waals surface area (Å²) in [6.07, 6.45) is -0.892. The van der Waals surface area contributed by atoms with Crippen LogP contribution >= 0.6 is 0 Å². The quantitative estimate of drug-likeness (QED) is 0.301. The molecule has 1 aliphatic carbocycles. The standard InChI is InChI=1S/C31H26F3N5O4/c1-43-22-9-6-19-14-38(27(40)24(19)12-22)15-30(28(41)36-29(42)37-30)20-7-4-18(5-8-20)23-10-21(31(32,33)34)11-25-26(23)35-16-39(25)13-17-2-3-17/h4-12,16-17H,2-3,13-15H2,1H3,(H2,36,37,41,42)/t30-/m0/s1. The number of carbonyl (C=O) groups is 3. The molecule has 0 radical (unpaired) electrons. The van der Waals surface area contributed by atoms with E-state index in [2.05, 4.69) is 15.6 Å². The Labute approximate surface area is 243 Å². The molecular weight excluding hydrogens is 563 g/mol. The number of alkyl halides is 3. The van der Waals surface area contributed by atoms with Gasteiger partial charge in [0.25, 0.3) is 11.8 Å². The monoisotopic (exact) mass is 589 g/mol. The van der Waals surface area contributed by atoms with E-state index in [0.717, 1.165) is 30.5 Å². The van der Waals surface area contributed by atoms with Gasteiger partial charge in [-0.1, -0.05) is 30.3 Å². The van der Waals surface area contributed by atoms with Gasteiger partial charge in [0.15, 0.2) is 5.54 Å². The van der Waals surface area contributed by atoms with Crippen molar-refractivity contribution in [3.8, 4) is 16.9 Å². The van der Waals surface area contributed by atoms with Gasteiger partial charge >= 0.3 is 12.2 Å². The van der Waals surface area contributed by atoms with Gasteiger partial charge in [0.2, 0.25) is 0 Å². The van der Waals surface area contributed by atoms with Crippen molar-refractivity contribution in [2.45, 2.75) is 37.6 Å². The molecule has 4 aromatic rings. The van der Waals surface area contributed by atoms with Gasteiger partial charge in [0.1, 0.15) is 5.75 Å². The Balaban J connectivity index is 1.25. The average Bonchev–Trinajstić information content (AvgIpc) is 3.53. The molecule has 0 unspecified atom stereocenters. The number of rotatable bonds is 7. The Hall–Kier alpha value is -4.87. The summed E-state index contributed by atoms with van der Waals surface area (Å²) in [5.41, 5.74) is 0.823. The Bertz CT molecular complexity index is 1810. The lowest BCUT2D eigenvalue weighted by molar-refractivity contribution is -0.137. The molecule has 3 aromatic carbocycles. The predicted octanol–water partition coefficient (Wildman–Crippen LogP) is 4.83. The Morgan fingerprint density at radius 2 is 1.79 bits per heavy atom. The molecule has 2 aliphatic heterocycles. The summed E-state index contributed by atoms with van der Waals surface area (Å²) in [5.74, 6) is 0.0158. The zero-order valence-corrected chi connectivity index (χ0v) is 23.0. The summed E-state index contributed by atoms with van der Waals surface area (Å²) >= 11 is 0. The van der Waals surface area contributed by atoms with Crippen molar-refractivity contribution >= 4 is 28.9 Å². The van der Waals surface area contributed by atoms with Crippen LogP contribution in [0.15, 0.2) is 60.9 Å². The normalized spacial score (nSPS) is 20.0. The van der Waals surface area contributed by atoms with E-state index in [1.165, 1.54) is 12.0 Å². The van der Waals surface area contributed by atoms with Crippen LogP contribution in [0.1, 0.15) is 39.9 Å². The minimum absolute atomic E-state index is 0.154. The molecular formula is C31H26F3N5O4. The second-order valence-corrected chi connectivity index (χ2v) is 11.3. The number of benzene rings is 3. The second kappa shape index (κ2) is 9.58. The fourth-order valence-corrected chi connectivity index (χ4v) is 5.98. The highest BCUT2D eigenvalue weighted by Crippen LogP contribution is 2.39. The molecule has 2 fully saturated rings. The number of nitrogens with zero attached hydrogens (tertiary/aromatic N) is 3. The second-order valence-electron chi connectivity index (χ2n) is 11.3. The van der Waals surface area contributed by atoms with Crippen LogP contribution in [0.5, 0.6) is 5.75 Å². The molecule has 1 aromatic heterocycles. The first kappa shape index (κ1) is 27.0. The molecule has 43 heavy (non-hydrogen) atoms. The van der Waals surface area contributed by atoms with E-state index in [-0.39, 0.29) is 19.0 Å². The third-order valence-corrected chi connectivity index (χ3v) is 8.46. The largest absolute Gasteiger partial charge is 0.497 e. The molecule has 9 nitrogen and oxygen atoms in total. The molecule has 3 heterocycles. The van der Waals surface area contributed by atoms with Crippen LogP contribution in [0.3, 0.4) is 0 Å². The first-order valence-corrected chi connectivity index (χ1v) is 13.8. The van der Waals surface area contributed by atoms with E-state index in [1.54, 1.807) is 53.4 Å². The molecule has 1 saturated heterocycles. The van der Waals surface area contributed by atoms with Gasteiger partial charge in [-0.25, -0.2) is 9.78 Å². The number of amides is 4. The van der Waals surface area contributed by atoms with E-state index in [1.807, 2.05) is 0 Å². The van der Waals surface area contributed by atoms with Crippen molar-refractivity contribution in [3.63, 3.8) is 0 Å². The van der Waals surface area contributed by atoms with E-state index < -0.39 is 29.2 Å². The lowest BCUT2D eigenvalue weighted by atomic mass is 9.87. The molecule has 1 saturated carbocycles. The van der Waals surface area contributed by atoms with Gasteiger partial charge in [0, 0.05) is 24.2 Å².